The summed E-state index contributed by atoms with van der Waals surface area (Å²) in [5.74, 6) is -0.747. The van der Waals surface area contributed by atoms with Gasteiger partial charge in [-0.2, -0.15) is 5.10 Å². The van der Waals surface area contributed by atoms with Crippen LogP contribution in [0.5, 0.6) is 0 Å². The number of aromatic amines is 1. The second kappa shape index (κ2) is 9.94. The van der Waals surface area contributed by atoms with Crippen LogP contribution in [0.4, 0.5) is 4.39 Å². The van der Waals surface area contributed by atoms with Crippen molar-refractivity contribution in [2.45, 2.75) is 25.0 Å². The van der Waals surface area contributed by atoms with Crippen molar-refractivity contribution in [1.29, 1.82) is 0 Å². The first-order chi connectivity index (χ1) is 16.4. The molecule has 2 aromatic heterocycles. The summed E-state index contributed by atoms with van der Waals surface area (Å²) in [7, 11) is 0. The van der Waals surface area contributed by atoms with Gasteiger partial charge >= 0.3 is 0 Å². The molecular formula is C26H25FN4O3. The maximum Gasteiger partial charge on any atom is 0.252 e. The van der Waals surface area contributed by atoms with Gasteiger partial charge in [-0.15, -0.1) is 0 Å². The molecule has 0 bridgehead atoms. The topological polar surface area (TPSA) is 111 Å². The van der Waals surface area contributed by atoms with E-state index in [2.05, 4.69) is 20.5 Å². The number of amides is 1. The Morgan fingerprint density at radius 1 is 1.12 bits per heavy atom. The number of halogens is 1. The van der Waals surface area contributed by atoms with Gasteiger partial charge in [0.1, 0.15) is 11.4 Å². The van der Waals surface area contributed by atoms with Crippen LogP contribution < -0.4 is 5.32 Å². The lowest BCUT2D eigenvalue weighted by Crippen LogP contribution is -2.54. The molecule has 7 nitrogen and oxygen atoms in total. The molecule has 0 aliphatic heterocycles. The van der Waals surface area contributed by atoms with Crippen molar-refractivity contribution < 1.29 is 19.4 Å². The van der Waals surface area contributed by atoms with E-state index in [-0.39, 0.29) is 12.2 Å². The number of carbonyl (C=O) groups is 1. The summed E-state index contributed by atoms with van der Waals surface area (Å²) in [5.41, 5.74) is 2.05. The number of aliphatic hydroxyl groups is 2. The van der Waals surface area contributed by atoms with E-state index in [0.29, 0.717) is 28.2 Å². The third kappa shape index (κ3) is 5.19. The summed E-state index contributed by atoms with van der Waals surface area (Å²) in [6, 6.07) is 19.4. The molecule has 8 heteroatoms. The first-order valence-electron chi connectivity index (χ1n) is 10.8. The largest absolute Gasteiger partial charge is 0.393 e. The molecule has 2 aromatic carbocycles. The first kappa shape index (κ1) is 23.3. The summed E-state index contributed by atoms with van der Waals surface area (Å²) in [5, 5.41) is 30.6. The minimum absolute atomic E-state index is 0.237. The smallest absolute Gasteiger partial charge is 0.252 e. The van der Waals surface area contributed by atoms with E-state index >= 15 is 0 Å². The zero-order valence-corrected chi connectivity index (χ0v) is 18.6. The summed E-state index contributed by atoms with van der Waals surface area (Å²) in [6.07, 6.45) is 1.87. The standard InChI is InChI=1S/C26H25FN4O3/c1-26(34,16-32)24(14-19-6-4-5-13-28-19)29-25(33)21-8-3-2-7-20(21)23-15-22(30-31-23)17-9-11-18(27)12-10-17/h2-13,15,24,32,34H,14,16H2,1H3,(H,29,33)(H,30,31)/t24-,26-/m1/s1. The zero-order valence-electron chi connectivity index (χ0n) is 18.6. The number of benzene rings is 2. The Morgan fingerprint density at radius 3 is 2.56 bits per heavy atom. The molecule has 0 fully saturated rings. The van der Waals surface area contributed by atoms with E-state index in [1.807, 2.05) is 6.07 Å². The van der Waals surface area contributed by atoms with E-state index in [4.69, 9.17) is 0 Å². The lowest BCUT2D eigenvalue weighted by atomic mass is 9.92. The predicted molar refractivity (Wildman–Crippen MR) is 126 cm³/mol. The van der Waals surface area contributed by atoms with E-state index in [1.54, 1.807) is 60.8 Å². The molecule has 0 spiro atoms. The van der Waals surface area contributed by atoms with Crippen molar-refractivity contribution in [1.82, 2.24) is 20.5 Å². The van der Waals surface area contributed by atoms with Crippen LogP contribution in [-0.2, 0) is 6.42 Å². The normalized spacial score (nSPS) is 13.8. The fraction of sp³-hybridized carbons (Fsp3) is 0.192. The monoisotopic (exact) mass is 460 g/mol. The number of pyridine rings is 1. The van der Waals surface area contributed by atoms with Crippen LogP contribution in [0, 0.1) is 5.82 Å². The molecular weight excluding hydrogens is 435 g/mol. The number of hydrogen-bond donors (Lipinski definition) is 4. The third-order valence-corrected chi connectivity index (χ3v) is 5.70. The average Bonchev–Trinajstić information content (AvgIpc) is 3.35. The van der Waals surface area contributed by atoms with E-state index in [9.17, 15) is 19.4 Å². The fourth-order valence-corrected chi connectivity index (χ4v) is 3.64. The van der Waals surface area contributed by atoms with Gasteiger partial charge in [-0.1, -0.05) is 24.3 Å². The highest BCUT2D eigenvalue weighted by atomic mass is 19.1. The molecule has 4 rings (SSSR count). The summed E-state index contributed by atoms with van der Waals surface area (Å²) < 4.78 is 13.3. The van der Waals surface area contributed by atoms with Crippen LogP contribution in [0.3, 0.4) is 0 Å². The van der Waals surface area contributed by atoms with Crippen LogP contribution in [-0.4, -0.2) is 49.6 Å². The van der Waals surface area contributed by atoms with Crippen molar-refractivity contribution in [2.75, 3.05) is 6.61 Å². The van der Waals surface area contributed by atoms with Gasteiger partial charge in [0, 0.05) is 35.0 Å². The van der Waals surface area contributed by atoms with Crippen LogP contribution in [0.15, 0.2) is 79.0 Å². The van der Waals surface area contributed by atoms with Gasteiger partial charge < -0.3 is 15.5 Å². The first-order valence-corrected chi connectivity index (χ1v) is 10.8. The van der Waals surface area contributed by atoms with Gasteiger partial charge in [-0.25, -0.2) is 4.39 Å². The van der Waals surface area contributed by atoms with Crippen molar-refractivity contribution >= 4 is 5.91 Å². The van der Waals surface area contributed by atoms with Crippen LogP contribution in [0.1, 0.15) is 23.0 Å². The highest BCUT2D eigenvalue weighted by molar-refractivity contribution is 6.00. The van der Waals surface area contributed by atoms with Crippen LogP contribution in [0.25, 0.3) is 22.5 Å². The van der Waals surface area contributed by atoms with Gasteiger partial charge in [0.15, 0.2) is 0 Å². The molecule has 34 heavy (non-hydrogen) atoms. The Balaban J connectivity index is 1.61. The Bertz CT molecular complexity index is 1260. The Labute approximate surface area is 196 Å². The number of nitrogens with one attached hydrogen (secondary N) is 2. The second-order valence-corrected chi connectivity index (χ2v) is 8.29. The van der Waals surface area contributed by atoms with Gasteiger partial charge in [0.2, 0.25) is 0 Å². The SMILES string of the molecule is C[C@@](O)(CO)[C@@H](Cc1ccccn1)NC(=O)c1ccccc1-c1cc(-c2ccc(F)cc2)n[nH]1. The minimum atomic E-state index is -1.56. The molecule has 2 heterocycles. The molecule has 0 unspecified atom stereocenters. The van der Waals surface area contributed by atoms with Gasteiger partial charge in [-0.05, 0) is 55.5 Å². The van der Waals surface area contributed by atoms with Gasteiger partial charge in [0.25, 0.3) is 5.91 Å². The van der Waals surface area contributed by atoms with Crippen molar-refractivity contribution in [3.8, 4) is 22.5 Å². The number of nitrogens with zero attached hydrogens (tertiary/aromatic N) is 2. The van der Waals surface area contributed by atoms with E-state index in [0.717, 1.165) is 5.56 Å². The maximum atomic E-state index is 13.3. The summed E-state index contributed by atoms with van der Waals surface area (Å²) >= 11 is 0. The van der Waals surface area contributed by atoms with Crippen molar-refractivity contribution in [3.05, 3.63) is 96.1 Å². The molecule has 0 saturated heterocycles. The number of hydrogen-bond acceptors (Lipinski definition) is 5. The molecule has 0 aliphatic rings. The quantitative estimate of drug-likeness (QED) is 0.322. The molecule has 0 saturated carbocycles. The number of aliphatic hydroxyl groups excluding tert-OH is 1. The number of rotatable bonds is 8. The van der Waals surface area contributed by atoms with Crippen LogP contribution >= 0.6 is 0 Å². The van der Waals surface area contributed by atoms with E-state index < -0.39 is 24.2 Å². The molecule has 2 atom stereocenters. The van der Waals surface area contributed by atoms with Crippen LogP contribution in [0.2, 0.25) is 0 Å². The maximum absolute atomic E-state index is 13.3. The number of H-pyrrole nitrogens is 1. The second-order valence-electron chi connectivity index (χ2n) is 8.29. The molecule has 0 radical (unpaired) electrons. The van der Waals surface area contributed by atoms with E-state index in [1.165, 1.54) is 19.1 Å². The summed E-state index contributed by atoms with van der Waals surface area (Å²) in [6.45, 7) is 0.935. The number of carbonyl (C=O) groups excluding carboxylic acids is 1. The Hall–Kier alpha value is -3.88. The number of aromatic nitrogens is 3. The lowest BCUT2D eigenvalue weighted by molar-refractivity contribution is -0.0277. The average molecular weight is 461 g/mol. The van der Waals surface area contributed by atoms with Gasteiger partial charge in [-0.3, -0.25) is 14.9 Å². The third-order valence-electron chi connectivity index (χ3n) is 5.70. The highest BCUT2D eigenvalue weighted by Gasteiger charge is 2.33. The molecule has 0 aliphatic carbocycles. The summed E-state index contributed by atoms with van der Waals surface area (Å²) in [4.78, 5) is 17.6. The zero-order chi connectivity index (χ0) is 24.1. The molecule has 4 aromatic rings. The van der Waals surface area contributed by atoms with Crippen molar-refractivity contribution in [3.63, 3.8) is 0 Å². The molecule has 174 valence electrons. The lowest BCUT2D eigenvalue weighted by Gasteiger charge is -2.32. The van der Waals surface area contributed by atoms with Crippen molar-refractivity contribution in [2.24, 2.45) is 0 Å². The Morgan fingerprint density at radius 2 is 1.85 bits per heavy atom. The fourth-order valence-electron chi connectivity index (χ4n) is 3.64. The molecule has 4 N–H and O–H groups in total. The highest BCUT2D eigenvalue weighted by Crippen LogP contribution is 2.27. The molecule has 1 amide bonds. The predicted octanol–water partition coefficient (Wildman–Crippen LogP) is 3.36. The Kier molecular flexibility index (Phi) is 6.81. The van der Waals surface area contributed by atoms with Gasteiger partial charge in [0.05, 0.1) is 24.0 Å². The minimum Gasteiger partial charge on any atom is -0.393 e.